The Kier molecular flexibility index (Phi) is 5.19. The molecule has 0 amide bonds. The third-order valence-corrected chi connectivity index (χ3v) is 3.01. The monoisotopic (exact) mass is 254 g/mol. The fraction of sp³-hybridized carbons (Fsp3) is 0.692. The van der Waals surface area contributed by atoms with E-state index in [4.69, 9.17) is 0 Å². The van der Waals surface area contributed by atoms with Crippen LogP contribution in [0.15, 0.2) is 0 Å². The summed E-state index contributed by atoms with van der Waals surface area (Å²) in [6, 6.07) is 0. The van der Waals surface area contributed by atoms with Crippen LogP contribution in [-0.4, -0.2) is 23.5 Å². The molecule has 0 saturated carbocycles. The first kappa shape index (κ1) is 14.5. The lowest BCUT2D eigenvalue weighted by Gasteiger charge is -2.24. The van der Waals surface area contributed by atoms with Gasteiger partial charge in [0.25, 0.3) is 0 Å². The van der Waals surface area contributed by atoms with Crippen molar-refractivity contribution in [3.05, 3.63) is 0 Å². The van der Waals surface area contributed by atoms with Crippen LogP contribution in [0.3, 0.4) is 0 Å². The first-order chi connectivity index (χ1) is 8.52. The zero-order valence-corrected chi connectivity index (χ0v) is 10.7. The summed E-state index contributed by atoms with van der Waals surface area (Å²) in [7, 11) is 0. The summed E-state index contributed by atoms with van der Waals surface area (Å²) < 4.78 is 4.53. The number of carbonyl (C=O) groups excluding carboxylic acids is 4. The van der Waals surface area contributed by atoms with Crippen molar-refractivity contribution in [2.24, 2.45) is 11.8 Å². The van der Waals surface area contributed by atoms with Gasteiger partial charge in [-0.25, -0.2) is 0 Å². The Morgan fingerprint density at radius 1 is 1.11 bits per heavy atom. The molecule has 100 valence electrons. The Bertz CT molecular complexity index is 372. The molecule has 18 heavy (non-hydrogen) atoms. The van der Waals surface area contributed by atoms with Gasteiger partial charge in [-0.1, -0.05) is 26.7 Å². The first-order valence-corrected chi connectivity index (χ1v) is 6.34. The molecule has 0 aromatic rings. The molecule has 0 aromatic heterocycles. The van der Waals surface area contributed by atoms with E-state index in [0.29, 0.717) is 19.3 Å². The summed E-state index contributed by atoms with van der Waals surface area (Å²) in [6.07, 6.45) is 2.58. The quantitative estimate of drug-likeness (QED) is 0.529. The van der Waals surface area contributed by atoms with E-state index >= 15 is 0 Å². The van der Waals surface area contributed by atoms with E-state index < -0.39 is 35.3 Å². The van der Waals surface area contributed by atoms with Crippen molar-refractivity contribution in [1.29, 1.82) is 0 Å². The molecule has 5 nitrogen and oxygen atoms in total. The lowest BCUT2D eigenvalue weighted by atomic mass is 9.83. The van der Waals surface area contributed by atoms with Crippen LogP contribution in [0.25, 0.3) is 0 Å². The van der Waals surface area contributed by atoms with Crippen molar-refractivity contribution in [3.8, 4) is 0 Å². The second-order valence-electron chi connectivity index (χ2n) is 4.49. The third kappa shape index (κ3) is 3.03. The van der Waals surface area contributed by atoms with E-state index in [1.807, 2.05) is 6.92 Å². The van der Waals surface area contributed by atoms with Gasteiger partial charge in [-0.3, -0.25) is 19.2 Å². The van der Waals surface area contributed by atoms with Gasteiger partial charge in [0.2, 0.25) is 0 Å². The minimum Gasteiger partial charge on any atom is -0.392 e. The molecule has 0 aromatic carbocycles. The summed E-state index contributed by atoms with van der Waals surface area (Å²) in [5.74, 6) is -5.17. The molecule has 2 unspecified atom stereocenters. The van der Waals surface area contributed by atoms with Crippen molar-refractivity contribution in [3.63, 3.8) is 0 Å². The van der Waals surface area contributed by atoms with E-state index in [9.17, 15) is 19.2 Å². The molecule has 1 rings (SSSR count). The number of unbranched alkanes of at least 4 members (excludes halogenated alkanes) is 1. The van der Waals surface area contributed by atoms with Crippen LogP contribution in [0.5, 0.6) is 0 Å². The molecule has 0 aliphatic carbocycles. The Hall–Kier alpha value is -1.52. The Labute approximate surface area is 106 Å². The average Bonchev–Trinajstić information content (AvgIpc) is 2.28. The predicted octanol–water partition coefficient (Wildman–Crippen LogP) is 1.43. The zero-order chi connectivity index (χ0) is 13.7. The number of rotatable bonds is 6. The Balaban J connectivity index is 2.84. The van der Waals surface area contributed by atoms with Crippen molar-refractivity contribution in [2.45, 2.75) is 46.0 Å². The molecule has 0 bridgehead atoms. The van der Waals surface area contributed by atoms with E-state index in [1.54, 1.807) is 6.92 Å². The van der Waals surface area contributed by atoms with E-state index in [2.05, 4.69) is 4.74 Å². The summed E-state index contributed by atoms with van der Waals surface area (Å²) >= 11 is 0. The maximum atomic E-state index is 12.0. The normalized spacial score (nSPS) is 24.0. The number of ketones is 2. The van der Waals surface area contributed by atoms with Gasteiger partial charge in [-0.15, -0.1) is 0 Å². The fourth-order valence-corrected chi connectivity index (χ4v) is 2.01. The van der Waals surface area contributed by atoms with E-state index in [0.717, 1.165) is 6.42 Å². The zero-order valence-electron chi connectivity index (χ0n) is 10.7. The van der Waals surface area contributed by atoms with Crippen LogP contribution in [0.4, 0.5) is 0 Å². The summed E-state index contributed by atoms with van der Waals surface area (Å²) in [4.78, 5) is 46.7. The molecule has 1 saturated heterocycles. The highest BCUT2D eigenvalue weighted by molar-refractivity contribution is 6.25. The molecule has 5 heteroatoms. The maximum absolute atomic E-state index is 12.0. The minimum absolute atomic E-state index is 0.153. The minimum atomic E-state index is -1.38. The van der Waals surface area contributed by atoms with Crippen LogP contribution < -0.4 is 0 Å². The van der Waals surface area contributed by atoms with Gasteiger partial charge in [-0.05, 0) is 12.8 Å². The van der Waals surface area contributed by atoms with Gasteiger partial charge >= 0.3 is 11.9 Å². The molecular formula is C13H18O5. The van der Waals surface area contributed by atoms with Crippen molar-refractivity contribution >= 4 is 23.5 Å². The topological polar surface area (TPSA) is 77.5 Å². The Morgan fingerprint density at radius 3 is 2.33 bits per heavy atom. The Morgan fingerprint density at radius 2 is 1.78 bits per heavy atom. The van der Waals surface area contributed by atoms with Crippen molar-refractivity contribution in [2.75, 3.05) is 0 Å². The van der Waals surface area contributed by atoms with E-state index in [1.165, 1.54) is 0 Å². The molecule has 1 aliphatic rings. The number of hydrogen-bond acceptors (Lipinski definition) is 5. The van der Waals surface area contributed by atoms with Gasteiger partial charge in [0.15, 0.2) is 17.5 Å². The number of hydrogen-bond donors (Lipinski definition) is 0. The van der Waals surface area contributed by atoms with Gasteiger partial charge in [0.05, 0.1) is 0 Å². The molecule has 0 spiro atoms. The highest BCUT2D eigenvalue weighted by atomic mass is 16.6. The van der Waals surface area contributed by atoms with Crippen LogP contribution >= 0.6 is 0 Å². The second-order valence-corrected chi connectivity index (χ2v) is 4.49. The fourth-order valence-electron chi connectivity index (χ4n) is 2.01. The number of esters is 2. The number of ether oxygens (including phenoxy) is 1. The number of cyclic esters (lactones) is 2. The molecule has 2 atom stereocenters. The smallest absolute Gasteiger partial charge is 0.331 e. The summed E-state index contributed by atoms with van der Waals surface area (Å²) in [5, 5.41) is 0. The lowest BCUT2D eigenvalue weighted by molar-refractivity contribution is -0.175. The van der Waals surface area contributed by atoms with Gasteiger partial charge in [0, 0.05) is 6.42 Å². The molecule has 0 radical (unpaired) electrons. The van der Waals surface area contributed by atoms with Crippen molar-refractivity contribution in [1.82, 2.24) is 0 Å². The van der Waals surface area contributed by atoms with Crippen LogP contribution in [-0.2, 0) is 23.9 Å². The van der Waals surface area contributed by atoms with Crippen LogP contribution in [0.2, 0.25) is 0 Å². The summed E-state index contributed by atoms with van der Waals surface area (Å²) in [6.45, 7) is 3.72. The van der Waals surface area contributed by atoms with Gasteiger partial charge in [-0.2, -0.15) is 0 Å². The largest absolute Gasteiger partial charge is 0.392 e. The van der Waals surface area contributed by atoms with Gasteiger partial charge < -0.3 is 4.74 Å². The SMILES string of the molecule is CCCCC1C(=O)OC(=O)C(C(=O)CCC)C1=O. The second kappa shape index (κ2) is 6.42. The number of Topliss-reactive ketones (excluding diaryl/α,β-unsaturated/α-hetero) is 2. The van der Waals surface area contributed by atoms with Crippen molar-refractivity contribution < 1.29 is 23.9 Å². The molecule has 0 N–H and O–H groups in total. The average molecular weight is 254 g/mol. The van der Waals surface area contributed by atoms with Gasteiger partial charge in [0.1, 0.15) is 5.92 Å². The molecule has 1 heterocycles. The molecule has 1 aliphatic heterocycles. The first-order valence-electron chi connectivity index (χ1n) is 6.34. The molecular weight excluding hydrogens is 236 g/mol. The lowest BCUT2D eigenvalue weighted by Crippen LogP contribution is -2.46. The molecule has 1 fully saturated rings. The maximum Gasteiger partial charge on any atom is 0.331 e. The predicted molar refractivity (Wildman–Crippen MR) is 62.5 cm³/mol. The third-order valence-electron chi connectivity index (χ3n) is 3.01. The van der Waals surface area contributed by atoms with Crippen LogP contribution in [0.1, 0.15) is 46.0 Å². The highest BCUT2D eigenvalue weighted by Crippen LogP contribution is 2.24. The highest BCUT2D eigenvalue weighted by Gasteiger charge is 2.47. The van der Waals surface area contributed by atoms with Crippen LogP contribution in [0, 0.1) is 11.8 Å². The standard InChI is InChI=1S/C13H18O5/c1-3-5-7-8-11(15)10(9(14)6-4-2)13(17)18-12(8)16/h8,10H,3-7H2,1-2H3. The summed E-state index contributed by atoms with van der Waals surface area (Å²) in [5.41, 5.74) is 0. The number of carbonyl (C=O) groups is 4. The van der Waals surface area contributed by atoms with E-state index in [-0.39, 0.29) is 6.42 Å².